The molecule has 0 radical (unpaired) electrons. The van der Waals surface area contributed by atoms with Gasteiger partial charge in [0.25, 0.3) is 0 Å². The van der Waals surface area contributed by atoms with Crippen molar-refractivity contribution in [3.05, 3.63) is 0 Å². The number of nitrogens with one attached hydrogen (secondary N) is 1. The predicted octanol–water partition coefficient (Wildman–Crippen LogP) is 1.34. The lowest BCUT2D eigenvalue weighted by molar-refractivity contribution is 0.106. The molecule has 1 saturated carbocycles. The molecule has 1 aliphatic carbocycles. The van der Waals surface area contributed by atoms with E-state index in [4.69, 9.17) is 0 Å². The van der Waals surface area contributed by atoms with Crippen LogP contribution >= 0.6 is 0 Å². The second kappa shape index (κ2) is 6.87. The molecule has 1 fully saturated rings. The summed E-state index contributed by atoms with van der Waals surface area (Å²) in [5.74, 6) is 1.20. The Balaban J connectivity index is 2.32. The molecule has 2 N–H and O–H groups in total. The largest absolute Gasteiger partial charge is 0.394 e. The first-order valence-corrected chi connectivity index (χ1v) is 8.81. The van der Waals surface area contributed by atoms with Crippen molar-refractivity contribution in [1.29, 1.82) is 0 Å². The van der Waals surface area contributed by atoms with Gasteiger partial charge in [0.05, 0.1) is 12.4 Å². The Morgan fingerprint density at radius 2 is 1.94 bits per heavy atom. The Morgan fingerprint density at radius 3 is 2.44 bits per heavy atom. The first kappa shape index (κ1) is 15.9. The molecule has 4 nitrogen and oxygen atoms in total. The highest BCUT2D eigenvalue weighted by Crippen LogP contribution is 2.31. The molecule has 5 heteroatoms. The van der Waals surface area contributed by atoms with Crippen molar-refractivity contribution in [1.82, 2.24) is 5.32 Å². The van der Waals surface area contributed by atoms with Gasteiger partial charge in [-0.3, -0.25) is 0 Å². The minimum absolute atomic E-state index is 0.153. The monoisotopic (exact) mass is 277 g/mol. The number of hydrogen-bond donors (Lipinski definition) is 2. The van der Waals surface area contributed by atoms with Crippen molar-refractivity contribution in [2.45, 2.75) is 51.5 Å². The van der Waals surface area contributed by atoms with Gasteiger partial charge in [-0.25, -0.2) is 8.42 Å². The van der Waals surface area contributed by atoms with Crippen LogP contribution in [0.5, 0.6) is 0 Å². The lowest BCUT2D eigenvalue weighted by Crippen LogP contribution is -2.51. The Kier molecular flexibility index (Phi) is 6.08. The molecule has 0 bridgehead atoms. The van der Waals surface area contributed by atoms with E-state index in [1.54, 1.807) is 6.92 Å². The van der Waals surface area contributed by atoms with Gasteiger partial charge in [-0.1, -0.05) is 13.8 Å². The third kappa shape index (κ3) is 4.86. The molecule has 18 heavy (non-hydrogen) atoms. The third-order valence-corrected chi connectivity index (χ3v) is 5.90. The van der Waals surface area contributed by atoms with E-state index in [1.807, 2.05) is 0 Å². The highest BCUT2D eigenvalue weighted by atomic mass is 32.2. The van der Waals surface area contributed by atoms with E-state index in [9.17, 15) is 13.5 Å². The van der Waals surface area contributed by atoms with Crippen LogP contribution in [0.25, 0.3) is 0 Å². The molecule has 1 aliphatic rings. The maximum atomic E-state index is 11.4. The zero-order valence-electron chi connectivity index (χ0n) is 11.6. The SMILES string of the molecule is CCS(=O)(=O)CCCNC1(CO)CCC(C)CC1. The van der Waals surface area contributed by atoms with E-state index >= 15 is 0 Å². The van der Waals surface area contributed by atoms with E-state index in [2.05, 4.69) is 12.2 Å². The average Bonchev–Trinajstić information content (AvgIpc) is 2.37. The van der Waals surface area contributed by atoms with Gasteiger partial charge in [-0.05, 0) is 44.6 Å². The van der Waals surface area contributed by atoms with Crippen LogP contribution in [0.15, 0.2) is 0 Å². The zero-order valence-corrected chi connectivity index (χ0v) is 12.4. The summed E-state index contributed by atoms with van der Waals surface area (Å²) in [6.07, 6.45) is 4.89. The lowest BCUT2D eigenvalue weighted by atomic mass is 9.77. The third-order valence-electron chi connectivity index (χ3n) is 4.11. The highest BCUT2D eigenvalue weighted by Gasteiger charge is 2.32. The summed E-state index contributed by atoms with van der Waals surface area (Å²) in [5, 5.41) is 12.9. The molecule has 0 aliphatic heterocycles. The van der Waals surface area contributed by atoms with E-state index in [-0.39, 0.29) is 23.7 Å². The maximum absolute atomic E-state index is 11.4. The van der Waals surface area contributed by atoms with Crippen LogP contribution in [-0.4, -0.2) is 43.7 Å². The van der Waals surface area contributed by atoms with Crippen LogP contribution in [0.4, 0.5) is 0 Å². The average molecular weight is 277 g/mol. The predicted molar refractivity (Wildman–Crippen MR) is 74.4 cm³/mol. The number of aliphatic hydroxyl groups excluding tert-OH is 1. The molecule has 0 aromatic carbocycles. The van der Waals surface area contributed by atoms with Crippen LogP contribution in [0.3, 0.4) is 0 Å². The Hall–Kier alpha value is -0.130. The van der Waals surface area contributed by atoms with Crippen molar-refractivity contribution < 1.29 is 13.5 Å². The summed E-state index contributed by atoms with van der Waals surface area (Å²) in [6, 6.07) is 0. The normalized spacial score (nSPS) is 29.4. The van der Waals surface area contributed by atoms with Crippen LogP contribution in [-0.2, 0) is 9.84 Å². The quantitative estimate of drug-likeness (QED) is 0.689. The number of sulfone groups is 1. The summed E-state index contributed by atoms with van der Waals surface area (Å²) in [4.78, 5) is 0. The molecular formula is C13H27NO3S. The van der Waals surface area contributed by atoms with Gasteiger partial charge in [0.1, 0.15) is 9.84 Å². The van der Waals surface area contributed by atoms with Crippen LogP contribution in [0.1, 0.15) is 46.0 Å². The minimum Gasteiger partial charge on any atom is -0.394 e. The summed E-state index contributed by atoms with van der Waals surface area (Å²) in [7, 11) is -2.86. The molecular weight excluding hydrogens is 250 g/mol. The number of aliphatic hydroxyl groups is 1. The van der Waals surface area contributed by atoms with Gasteiger partial charge in [0.2, 0.25) is 0 Å². The van der Waals surface area contributed by atoms with Gasteiger partial charge < -0.3 is 10.4 Å². The molecule has 0 aromatic rings. The highest BCUT2D eigenvalue weighted by molar-refractivity contribution is 7.91. The van der Waals surface area contributed by atoms with Crippen molar-refractivity contribution in [2.24, 2.45) is 5.92 Å². The van der Waals surface area contributed by atoms with E-state index in [0.717, 1.165) is 31.6 Å². The molecule has 0 aromatic heterocycles. The van der Waals surface area contributed by atoms with Gasteiger partial charge in [0, 0.05) is 11.3 Å². The molecule has 0 unspecified atom stereocenters. The van der Waals surface area contributed by atoms with Gasteiger partial charge >= 0.3 is 0 Å². The summed E-state index contributed by atoms with van der Waals surface area (Å²) >= 11 is 0. The van der Waals surface area contributed by atoms with Gasteiger partial charge in [0.15, 0.2) is 0 Å². The lowest BCUT2D eigenvalue weighted by Gasteiger charge is -2.39. The van der Waals surface area contributed by atoms with Crippen molar-refractivity contribution >= 4 is 9.84 Å². The fraction of sp³-hybridized carbons (Fsp3) is 1.00. The topological polar surface area (TPSA) is 66.4 Å². The summed E-state index contributed by atoms with van der Waals surface area (Å²) < 4.78 is 22.7. The van der Waals surface area contributed by atoms with Crippen molar-refractivity contribution in [2.75, 3.05) is 24.7 Å². The second-order valence-corrected chi connectivity index (χ2v) is 8.11. The van der Waals surface area contributed by atoms with E-state index in [1.165, 1.54) is 0 Å². The first-order valence-electron chi connectivity index (χ1n) is 6.99. The van der Waals surface area contributed by atoms with Crippen LogP contribution in [0, 0.1) is 5.92 Å². The Morgan fingerprint density at radius 1 is 1.33 bits per heavy atom. The second-order valence-electron chi connectivity index (χ2n) is 5.64. The van der Waals surface area contributed by atoms with Gasteiger partial charge in [-0.2, -0.15) is 0 Å². The molecule has 0 saturated heterocycles. The Bertz CT molecular complexity index is 332. The molecule has 108 valence electrons. The standard InChI is InChI=1S/C13H27NO3S/c1-3-18(16,17)10-4-9-14-13(11-15)7-5-12(2)6-8-13/h12,14-15H,3-11H2,1-2H3. The van der Waals surface area contributed by atoms with Crippen LogP contribution < -0.4 is 5.32 Å². The number of hydrogen-bond acceptors (Lipinski definition) is 4. The molecule has 0 heterocycles. The smallest absolute Gasteiger partial charge is 0.150 e. The van der Waals surface area contributed by atoms with Crippen LogP contribution in [0.2, 0.25) is 0 Å². The molecule has 0 spiro atoms. The van der Waals surface area contributed by atoms with Crippen molar-refractivity contribution in [3.8, 4) is 0 Å². The van der Waals surface area contributed by atoms with Crippen molar-refractivity contribution in [3.63, 3.8) is 0 Å². The van der Waals surface area contributed by atoms with E-state index < -0.39 is 9.84 Å². The Labute approximate surface area is 111 Å². The first-order chi connectivity index (χ1) is 8.43. The molecule has 0 atom stereocenters. The fourth-order valence-electron chi connectivity index (χ4n) is 2.50. The zero-order chi connectivity index (χ0) is 13.6. The summed E-state index contributed by atoms with van der Waals surface area (Å²) in [6.45, 7) is 4.75. The number of rotatable bonds is 7. The molecule has 0 amide bonds. The molecule has 1 rings (SSSR count). The maximum Gasteiger partial charge on any atom is 0.150 e. The summed E-state index contributed by atoms with van der Waals surface area (Å²) in [5.41, 5.74) is -0.164. The van der Waals surface area contributed by atoms with Gasteiger partial charge in [-0.15, -0.1) is 0 Å². The minimum atomic E-state index is -2.86. The van der Waals surface area contributed by atoms with E-state index in [0.29, 0.717) is 13.0 Å². The fourth-order valence-corrected chi connectivity index (χ4v) is 3.37.